The molecule has 0 amide bonds. The van der Waals surface area contributed by atoms with E-state index >= 15 is 0 Å². The summed E-state index contributed by atoms with van der Waals surface area (Å²) in [6.07, 6.45) is 7.09. The number of hydrogen-bond acceptors (Lipinski definition) is 3. The summed E-state index contributed by atoms with van der Waals surface area (Å²) in [5.74, 6) is 0. The summed E-state index contributed by atoms with van der Waals surface area (Å²) in [5.41, 5.74) is 1.24. The number of aromatic nitrogens is 1. The third-order valence-corrected chi connectivity index (χ3v) is 2.73. The van der Waals surface area contributed by atoms with Crippen molar-refractivity contribution in [2.45, 2.75) is 39.2 Å². The third-order valence-electron chi connectivity index (χ3n) is 2.73. The number of ether oxygens (including phenoxy) is 1. The van der Waals surface area contributed by atoms with Crippen molar-refractivity contribution < 1.29 is 4.74 Å². The van der Waals surface area contributed by atoms with Crippen LogP contribution in [0.15, 0.2) is 24.5 Å². The first kappa shape index (κ1) is 14.1. The van der Waals surface area contributed by atoms with Gasteiger partial charge in [0, 0.05) is 31.6 Å². The second-order valence-corrected chi connectivity index (χ2v) is 4.15. The third kappa shape index (κ3) is 5.80. The molecule has 1 aromatic rings. The van der Waals surface area contributed by atoms with Gasteiger partial charge >= 0.3 is 0 Å². The van der Waals surface area contributed by atoms with Gasteiger partial charge in [-0.3, -0.25) is 4.98 Å². The molecule has 1 aromatic heterocycles. The highest BCUT2D eigenvalue weighted by Gasteiger charge is 2.09. The van der Waals surface area contributed by atoms with Gasteiger partial charge < -0.3 is 10.1 Å². The maximum atomic E-state index is 5.61. The number of nitrogens with one attached hydrogen (secondary N) is 1. The van der Waals surface area contributed by atoms with Gasteiger partial charge in [0.25, 0.3) is 0 Å². The summed E-state index contributed by atoms with van der Waals surface area (Å²) in [7, 11) is 0. The highest BCUT2D eigenvalue weighted by Crippen LogP contribution is 2.15. The van der Waals surface area contributed by atoms with Crippen molar-refractivity contribution in [3.05, 3.63) is 30.1 Å². The zero-order valence-electron chi connectivity index (χ0n) is 11.0. The predicted octanol–water partition coefficient (Wildman–Crippen LogP) is 2.94. The number of rotatable bonds is 9. The molecule has 96 valence electrons. The molecule has 0 aliphatic rings. The van der Waals surface area contributed by atoms with Crippen molar-refractivity contribution in [3.8, 4) is 0 Å². The van der Waals surface area contributed by atoms with E-state index in [4.69, 9.17) is 4.74 Å². The Morgan fingerprint density at radius 1 is 1.35 bits per heavy atom. The van der Waals surface area contributed by atoms with Crippen LogP contribution in [0.5, 0.6) is 0 Å². The standard InChI is InChI=1S/C14H24N2O/c1-3-5-10-17-11-8-14(16-4-2)13-7-6-9-15-12-13/h6-7,9,12,14,16H,3-5,8,10-11H2,1-2H3. The monoisotopic (exact) mass is 236 g/mol. The van der Waals surface area contributed by atoms with Gasteiger partial charge in [-0.2, -0.15) is 0 Å². The van der Waals surface area contributed by atoms with Crippen molar-refractivity contribution in [2.24, 2.45) is 0 Å². The zero-order chi connectivity index (χ0) is 12.3. The first-order chi connectivity index (χ1) is 8.38. The van der Waals surface area contributed by atoms with E-state index in [1.54, 1.807) is 0 Å². The minimum absolute atomic E-state index is 0.357. The van der Waals surface area contributed by atoms with Crippen LogP contribution in [-0.4, -0.2) is 24.7 Å². The van der Waals surface area contributed by atoms with Crippen molar-refractivity contribution in [1.82, 2.24) is 10.3 Å². The van der Waals surface area contributed by atoms with Gasteiger partial charge in [0.15, 0.2) is 0 Å². The van der Waals surface area contributed by atoms with E-state index in [2.05, 4.69) is 30.2 Å². The van der Waals surface area contributed by atoms with Crippen LogP contribution in [0.1, 0.15) is 44.7 Å². The van der Waals surface area contributed by atoms with Crippen molar-refractivity contribution in [3.63, 3.8) is 0 Å². The van der Waals surface area contributed by atoms with Crippen LogP contribution >= 0.6 is 0 Å². The number of hydrogen-bond donors (Lipinski definition) is 1. The summed E-state index contributed by atoms with van der Waals surface area (Å²) in [4.78, 5) is 4.16. The smallest absolute Gasteiger partial charge is 0.0484 e. The SMILES string of the molecule is CCCCOCCC(NCC)c1cccnc1. The van der Waals surface area contributed by atoms with E-state index in [0.29, 0.717) is 6.04 Å². The first-order valence-corrected chi connectivity index (χ1v) is 6.59. The number of unbranched alkanes of at least 4 members (excludes halogenated alkanes) is 1. The molecule has 3 heteroatoms. The quantitative estimate of drug-likeness (QED) is 0.669. The Labute approximate surface area is 105 Å². The Morgan fingerprint density at radius 2 is 2.24 bits per heavy atom. The van der Waals surface area contributed by atoms with E-state index in [-0.39, 0.29) is 0 Å². The lowest BCUT2D eigenvalue weighted by Crippen LogP contribution is -2.22. The minimum Gasteiger partial charge on any atom is -0.381 e. The van der Waals surface area contributed by atoms with Crippen molar-refractivity contribution >= 4 is 0 Å². The topological polar surface area (TPSA) is 34.1 Å². The summed E-state index contributed by atoms with van der Waals surface area (Å²) >= 11 is 0. The highest BCUT2D eigenvalue weighted by atomic mass is 16.5. The molecule has 0 fully saturated rings. The summed E-state index contributed by atoms with van der Waals surface area (Å²) in [6.45, 7) is 6.96. The number of nitrogens with zero attached hydrogens (tertiary/aromatic N) is 1. The molecule has 1 unspecified atom stereocenters. The first-order valence-electron chi connectivity index (χ1n) is 6.59. The van der Waals surface area contributed by atoms with Gasteiger partial charge in [0.2, 0.25) is 0 Å². The molecular weight excluding hydrogens is 212 g/mol. The van der Waals surface area contributed by atoms with Gasteiger partial charge in [-0.05, 0) is 31.0 Å². The molecule has 0 saturated carbocycles. The molecular formula is C14H24N2O. The van der Waals surface area contributed by atoms with Crippen LogP contribution in [0.4, 0.5) is 0 Å². The molecule has 0 aliphatic carbocycles. The van der Waals surface area contributed by atoms with E-state index in [0.717, 1.165) is 32.6 Å². The molecule has 0 radical (unpaired) electrons. The van der Waals surface area contributed by atoms with Crippen LogP contribution in [0.2, 0.25) is 0 Å². The van der Waals surface area contributed by atoms with E-state index in [1.807, 2.05) is 18.5 Å². The molecule has 0 saturated heterocycles. The summed E-state index contributed by atoms with van der Waals surface area (Å²) < 4.78 is 5.61. The van der Waals surface area contributed by atoms with Crippen LogP contribution in [0.25, 0.3) is 0 Å². The fourth-order valence-electron chi connectivity index (χ4n) is 1.76. The van der Waals surface area contributed by atoms with Gasteiger partial charge in [-0.25, -0.2) is 0 Å². The lowest BCUT2D eigenvalue weighted by Gasteiger charge is -2.17. The molecule has 0 aliphatic heterocycles. The molecule has 0 bridgehead atoms. The normalized spacial score (nSPS) is 12.6. The van der Waals surface area contributed by atoms with E-state index in [1.165, 1.54) is 12.0 Å². The molecule has 1 atom stereocenters. The Kier molecular flexibility index (Phi) is 7.60. The average Bonchev–Trinajstić information content (AvgIpc) is 2.38. The molecule has 0 spiro atoms. The van der Waals surface area contributed by atoms with Crippen LogP contribution in [-0.2, 0) is 4.74 Å². The summed E-state index contributed by atoms with van der Waals surface area (Å²) in [6, 6.07) is 4.46. The highest BCUT2D eigenvalue weighted by molar-refractivity contribution is 5.13. The molecule has 3 nitrogen and oxygen atoms in total. The van der Waals surface area contributed by atoms with Crippen LogP contribution < -0.4 is 5.32 Å². The van der Waals surface area contributed by atoms with E-state index in [9.17, 15) is 0 Å². The van der Waals surface area contributed by atoms with Gasteiger partial charge in [0.1, 0.15) is 0 Å². The van der Waals surface area contributed by atoms with Gasteiger partial charge in [-0.15, -0.1) is 0 Å². The van der Waals surface area contributed by atoms with Gasteiger partial charge in [0.05, 0.1) is 0 Å². The molecule has 17 heavy (non-hydrogen) atoms. The summed E-state index contributed by atoms with van der Waals surface area (Å²) in [5, 5.41) is 3.47. The molecule has 1 N–H and O–H groups in total. The minimum atomic E-state index is 0.357. The Balaban J connectivity index is 2.33. The van der Waals surface area contributed by atoms with Crippen molar-refractivity contribution in [1.29, 1.82) is 0 Å². The lowest BCUT2D eigenvalue weighted by molar-refractivity contribution is 0.121. The lowest BCUT2D eigenvalue weighted by atomic mass is 10.1. The maximum absolute atomic E-state index is 5.61. The fourth-order valence-corrected chi connectivity index (χ4v) is 1.76. The largest absolute Gasteiger partial charge is 0.381 e. The molecule has 1 rings (SSSR count). The number of pyridine rings is 1. The zero-order valence-corrected chi connectivity index (χ0v) is 11.0. The maximum Gasteiger partial charge on any atom is 0.0484 e. The van der Waals surface area contributed by atoms with Crippen LogP contribution in [0, 0.1) is 0 Å². The van der Waals surface area contributed by atoms with E-state index < -0.39 is 0 Å². The fraction of sp³-hybridized carbons (Fsp3) is 0.643. The Hall–Kier alpha value is -0.930. The average molecular weight is 236 g/mol. The molecule has 1 heterocycles. The van der Waals surface area contributed by atoms with Crippen LogP contribution in [0.3, 0.4) is 0 Å². The second-order valence-electron chi connectivity index (χ2n) is 4.15. The Morgan fingerprint density at radius 3 is 2.88 bits per heavy atom. The molecule has 0 aromatic carbocycles. The van der Waals surface area contributed by atoms with Crippen molar-refractivity contribution in [2.75, 3.05) is 19.8 Å². The second kappa shape index (κ2) is 9.14. The predicted molar refractivity (Wildman–Crippen MR) is 71.0 cm³/mol. The Bertz CT molecular complexity index is 277. The van der Waals surface area contributed by atoms with Gasteiger partial charge in [-0.1, -0.05) is 26.3 Å².